The monoisotopic (exact) mass is 375 g/mol. The van der Waals surface area contributed by atoms with Crippen molar-refractivity contribution in [2.24, 2.45) is 0 Å². The molecule has 7 heteroatoms. The van der Waals surface area contributed by atoms with Gasteiger partial charge in [0.25, 0.3) is 5.56 Å². The summed E-state index contributed by atoms with van der Waals surface area (Å²) in [6.45, 7) is 5.26. The van der Waals surface area contributed by atoms with Crippen LogP contribution in [0.2, 0.25) is 0 Å². The van der Waals surface area contributed by atoms with Gasteiger partial charge in [-0.05, 0) is 37.7 Å². The van der Waals surface area contributed by atoms with Crippen LogP contribution in [0.25, 0.3) is 22.4 Å². The third kappa shape index (κ3) is 3.57. The van der Waals surface area contributed by atoms with Crippen molar-refractivity contribution in [3.63, 3.8) is 0 Å². The summed E-state index contributed by atoms with van der Waals surface area (Å²) in [5, 5.41) is 8.98. The Labute approximate surface area is 162 Å². The van der Waals surface area contributed by atoms with Crippen LogP contribution >= 0.6 is 0 Å². The maximum absolute atomic E-state index is 12.3. The van der Waals surface area contributed by atoms with E-state index in [2.05, 4.69) is 25.1 Å². The number of nitrogens with one attached hydrogen (secondary N) is 1. The van der Waals surface area contributed by atoms with Crippen LogP contribution in [-0.2, 0) is 6.54 Å². The lowest BCUT2D eigenvalue weighted by atomic mass is 10.2. The lowest BCUT2D eigenvalue weighted by Crippen LogP contribution is -2.28. The number of aromatic amines is 1. The van der Waals surface area contributed by atoms with Gasteiger partial charge < -0.3 is 9.40 Å². The van der Waals surface area contributed by atoms with Crippen molar-refractivity contribution < 1.29 is 4.42 Å². The number of benzene rings is 2. The molecule has 142 valence electrons. The van der Waals surface area contributed by atoms with E-state index in [1.807, 2.05) is 62.4 Å². The molecular formula is C21H21N5O2. The van der Waals surface area contributed by atoms with Gasteiger partial charge in [0.15, 0.2) is 0 Å². The smallest absolute Gasteiger partial charge is 0.258 e. The number of rotatable bonds is 6. The summed E-state index contributed by atoms with van der Waals surface area (Å²) in [5.74, 6) is 1.64. The average molecular weight is 375 g/mol. The zero-order chi connectivity index (χ0) is 19.5. The highest BCUT2D eigenvalue weighted by Crippen LogP contribution is 2.24. The fourth-order valence-electron chi connectivity index (χ4n) is 3.18. The second-order valence-corrected chi connectivity index (χ2v) is 6.58. The second kappa shape index (κ2) is 7.74. The van der Waals surface area contributed by atoms with E-state index in [0.717, 1.165) is 12.1 Å². The molecule has 1 atom stereocenters. The molecule has 0 bridgehead atoms. The number of fused-ring (bicyclic) bond motifs is 1. The summed E-state index contributed by atoms with van der Waals surface area (Å²) in [6.07, 6.45) is 0. The molecule has 2 aromatic heterocycles. The summed E-state index contributed by atoms with van der Waals surface area (Å²) in [4.78, 5) is 21.9. The molecule has 0 amide bonds. The van der Waals surface area contributed by atoms with Crippen LogP contribution in [0.15, 0.2) is 63.8 Å². The fourth-order valence-corrected chi connectivity index (χ4v) is 3.18. The van der Waals surface area contributed by atoms with Crippen LogP contribution in [0, 0.1) is 0 Å². The summed E-state index contributed by atoms with van der Waals surface area (Å²) >= 11 is 0. The Hall–Kier alpha value is -3.32. The van der Waals surface area contributed by atoms with E-state index in [9.17, 15) is 4.79 Å². The van der Waals surface area contributed by atoms with Crippen LogP contribution in [-0.4, -0.2) is 31.6 Å². The Morgan fingerprint density at radius 1 is 1.07 bits per heavy atom. The summed E-state index contributed by atoms with van der Waals surface area (Å²) in [7, 11) is 0. The number of para-hydroxylation sites is 1. The summed E-state index contributed by atoms with van der Waals surface area (Å²) < 4.78 is 5.89. The van der Waals surface area contributed by atoms with Gasteiger partial charge in [0.05, 0.1) is 23.5 Å². The maximum Gasteiger partial charge on any atom is 0.258 e. The predicted molar refractivity (Wildman–Crippen MR) is 107 cm³/mol. The topological polar surface area (TPSA) is 87.9 Å². The zero-order valence-electron chi connectivity index (χ0n) is 15.8. The minimum atomic E-state index is -0.131. The molecule has 4 aromatic rings. The number of hydrogen-bond donors (Lipinski definition) is 1. The molecule has 0 aliphatic rings. The number of H-pyrrole nitrogens is 1. The molecule has 0 saturated heterocycles. The lowest BCUT2D eigenvalue weighted by molar-refractivity contribution is 0.180. The van der Waals surface area contributed by atoms with E-state index in [4.69, 9.17) is 4.42 Å². The molecule has 0 spiro atoms. The van der Waals surface area contributed by atoms with Crippen LogP contribution in [0.4, 0.5) is 0 Å². The number of hydrogen-bond acceptors (Lipinski definition) is 6. The summed E-state index contributed by atoms with van der Waals surface area (Å²) in [6, 6.07) is 16.9. The minimum Gasteiger partial charge on any atom is -0.419 e. The molecule has 0 radical (unpaired) electrons. The summed E-state index contributed by atoms with van der Waals surface area (Å²) in [5.41, 5.74) is 1.44. The van der Waals surface area contributed by atoms with E-state index in [1.165, 1.54) is 0 Å². The van der Waals surface area contributed by atoms with Crippen molar-refractivity contribution in [3.05, 3.63) is 76.7 Å². The van der Waals surface area contributed by atoms with Gasteiger partial charge in [0, 0.05) is 5.56 Å². The van der Waals surface area contributed by atoms with E-state index < -0.39 is 0 Å². The third-order valence-electron chi connectivity index (χ3n) is 4.79. The van der Waals surface area contributed by atoms with Crippen molar-refractivity contribution in [1.29, 1.82) is 0 Å². The Bertz CT molecular complexity index is 1140. The Balaban J connectivity index is 1.57. The maximum atomic E-state index is 12.3. The van der Waals surface area contributed by atoms with E-state index in [1.54, 1.807) is 6.07 Å². The molecule has 1 unspecified atom stereocenters. The van der Waals surface area contributed by atoms with Gasteiger partial charge in [0.2, 0.25) is 11.8 Å². The van der Waals surface area contributed by atoms with Gasteiger partial charge >= 0.3 is 0 Å². The molecule has 28 heavy (non-hydrogen) atoms. The van der Waals surface area contributed by atoms with E-state index >= 15 is 0 Å². The van der Waals surface area contributed by atoms with Crippen molar-refractivity contribution in [1.82, 2.24) is 25.1 Å². The van der Waals surface area contributed by atoms with Gasteiger partial charge in [-0.15, -0.1) is 10.2 Å². The third-order valence-corrected chi connectivity index (χ3v) is 4.79. The van der Waals surface area contributed by atoms with Crippen molar-refractivity contribution in [2.75, 3.05) is 6.54 Å². The van der Waals surface area contributed by atoms with Gasteiger partial charge in [-0.3, -0.25) is 9.69 Å². The molecule has 4 rings (SSSR count). The molecule has 7 nitrogen and oxygen atoms in total. The minimum absolute atomic E-state index is 0.119. The molecule has 0 fully saturated rings. The molecule has 0 aliphatic carbocycles. The number of aromatic nitrogens is 4. The van der Waals surface area contributed by atoms with Crippen LogP contribution < -0.4 is 5.56 Å². The quantitative estimate of drug-likeness (QED) is 0.554. The molecular weight excluding hydrogens is 354 g/mol. The molecule has 2 aromatic carbocycles. The second-order valence-electron chi connectivity index (χ2n) is 6.58. The Kier molecular flexibility index (Phi) is 4.99. The van der Waals surface area contributed by atoms with Gasteiger partial charge in [-0.2, -0.15) is 0 Å². The van der Waals surface area contributed by atoms with Crippen LogP contribution in [0.3, 0.4) is 0 Å². The van der Waals surface area contributed by atoms with Crippen molar-refractivity contribution in [3.8, 4) is 11.5 Å². The fraction of sp³-hybridized carbons (Fsp3) is 0.238. The number of nitrogens with zero attached hydrogens (tertiary/aromatic N) is 4. The van der Waals surface area contributed by atoms with E-state index in [-0.39, 0.29) is 11.6 Å². The molecule has 0 saturated carbocycles. The first-order valence-electron chi connectivity index (χ1n) is 9.26. The lowest BCUT2D eigenvalue weighted by Gasteiger charge is -2.24. The normalized spacial score (nSPS) is 12.5. The first-order valence-corrected chi connectivity index (χ1v) is 9.26. The van der Waals surface area contributed by atoms with E-state index in [0.29, 0.717) is 35.1 Å². The van der Waals surface area contributed by atoms with Crippen LogP contribution in [0.1, 0.15) is 31.6 Å². The van der Waals surface area contributed by atoms with Gasteiger partial charge in [-0.25, -0.2) is 4.98 Å². The largest absolute Gasteiger partial charge is 0.419 e. The highest BCUT2D eigenvalue weighted by Gasteiger charge is 2.22. The van der Waals surface area contributed by atoms with Crippen molar-refractivity contribution >= 4 is 10.9 Å². The molecule has 0 aliphatic heterocycles. The van der Waals surface area contributed by atoms with Gasteiger partial charge in [-0.1, -0.05) is 37.3 Å². The first kappa shape index (κ1) is 18.1. The molecule has 1 N–H and O–H groups in total. The Morgan fingerprint density at radius 3 is 2.61 bits per heavy atom. The SMILES string of the molecule is CCN(Cc1nc2ccccc2c(=O)[nH]1)C(C)c1nnc(-c2ccccc2)o1. The Morgan fingerprint density at radius 2 is 1.82 bits per heavy atom. The zero-order valence-corrected chi connectivity index (χ0v) is 15.8. The first-order chi connectivity index (χ1) is 13.7. The highest BCUT2D eigenvalue weighted by molar-refractivity contribution is 5.77. The average Bonchev–Trinajstić information content (AvgIpc) is 3.22. The predicted octanol–water partition coefficient (Wildman–Crippen LogP) is 3.56. The van der Waals surface area contributed by atoms with Crippen molar-refractivity contribution in [2.45, 2.75) is 26.4 Å². The van der Waals surface area contributed by atoms with Gasteiger partial charge in [0.1, 0.15) is 5.82 Å². The standard InChI is InChI=1S/C21H21N5O2/c1-3-26(13-18-22-17-12-8-7-11-16(17)19(27)23-18)14(2)20-24-25-21(28-20)15-9-5-4-6-10-15/h4-12,14H,3,13H2,1-2H3,(H,22,23,27). The highest BCUT2D eigenvalue weighted by atomic mass is 16.4. The molecule has 2 heterocycles. The van der Waals surface area contributed by atoms with Crippen LogP contribution in [0.5, 0.6) is 0 Å².